The van der Waals surface area contributed by atoms with Crippen LogP contribution in [-0.2, 0) is 0 Å². The first-order valence-electron chi connectivity index (χ1n) is 4.54. The monoisotopic (exact) mass is 135 g/mol. The maximum atomic E-state index is 3.47. The van der Waals surface area contributed by atoms with Crippen LogP contribution in [0.3, 0.4) is 0 Å². The molecule has 0 radical (unpaired) electrons. The van der Waals surface area contributed by atoms with Crippen molar-refractivity contribution in [1.82, 2.24) is 5.32 Å². The predicted molar refractivity (Wildman–Crippen MR) is 47.6 cm³/mol. The average Bonchev–Trinajstić information content (AvgIpc) is 1.98. The van der Waals surface area contributed by atoms with E-state index >= 15 is 0 Å². The van der Waals surface area contributed by atoms with E-state index in [9.17, 15) is 0 Å². The molecule has 0 rings (SSSR count). The van der Waals surface area contributed by atoms with Crippen molar-refractivity contribution in [3.8, 4) is 0 Å². The van der Waals surface area contributed by atoms with Crippen molar-refractivity contribution in [3.05, 3.63) is 0 Å². The van der Waals surface area contributed by atoms with Crippen LogP contribution in [0, 0.1) is 0 Å². The number of rotatable bonds is 6. The van der Waals surface area contributed by atoms with Gasteiger partial charge in [0.25, 0.3) is 0 Å². The normalized spacial score (nSPS) is 13.6. The second-order valence-corrected chi connectivity index (χ2v) is 2.97. The molecule has 2 heteroatoms. The van der Waals surface area contributed by atoms with E-state index in [-0.39, 0.29) is 0 Å². The molecular weight excluding hydrogens is 117 g/mol. The van der Waals surface area contributed by atoms with Gasteiger partial charge in [-0.3, -0.25) is 0 Å². The Labute approximate surface area is 74.2 Å². The Balaban J connectivity index is 2.89. The Bertz CT molecular complexity index is 66.3. The van der Waals surface area contributed by atoms with Crippen LogP contribution >= 0.6 is 0 Å². The summed E-state index contributed by atoms with van der Waals surface area (Å²) in [6.07, 6.45) is 3.94. The van der Waals surface area contributed by atoms with Crippen LogP contribution in [0.25, 0.3) is 0 Å². The van der Waals surface area contributed by atoms with E-state index in [2.05, 4.69) is 36.9 Å². The minimum absolute atomic E-state index is 0.705. The molecule has 0 saturated carbocycles. The molecule has 56 valence electrons. The second kappa shape index (κ2) is 7.66. The Morgan fingerprint density at radius 2 is 2.10 bits per heavy atom. The number of unbranched alkanes of at least 4 members (excludes halogenated alkanes) is 1. The van der Waals surface area contributed by atoms with E-state index in [1.165, 1.54) is 30.9 Å². The van der Waals surface area contributed by atoms with E-state index in [1.54, 1.807) is 0 Å². The Morgan fingerprint density at radius 3 is 2.60 bits per heavy atom. The van der Waals surface area contributed by atoms with Gasteiger partial charge < -0.3 is 0 Å². The minimum atomic E-state index is 0.705. The zero-order valence-electron chi connectivity index (χ0n) is 7.61. The molecule has 0 aromatic rings. The molecule has 1 nitrogen and oxygen atoms in total. The summed E-state index contributed by atoms with van der Waals surface area (Å²) >= 11 is 2.24. The summed E-state index contributed by atoms with van der Waals surface area (Å²) in [5, 5.41) is 4.79. The van der Waals surface area contributed by atoms with E-state index in [0.29, 0.717) is 6.04 Å². The topological polar surface area (TPSA) is 12.0 Å². The van der Waals surface area contributed by atoms with Crippen molar-refractivity contribution in [3.63, 3.8) is 0 Å². The van der Waals surface area contributed by atoms with Gasteiger partial charge in [-0.1, -0.05) is 0 Å². The molecule has 0 aromatic heterocycles. The molecule has 0 saturated heterocycles. The fourth-order valence-electron chi connectivity index (χ4n) is 0.868. The van der Waals surface area contributed by atoms with Gasteiger partial charge in [0.2, 0.25) is 0 Å². The van der Waals surface area contributed by atoms with Gasteiger partial charge in [0.1, 0.15) is 0 Å². The summed E-state index contributed by atoms with van der Waals surface area (Å²) in [5.41, 5.74) is 0. The third-order valence-corrected chi connectivity index (χ3v) is 1.89. The summed E-state index contributed by atoms with van der Waals surface area (Å²) < 4.78 is 0. The van der Waals surface area contributed by atoms with E-state index < -0.39 is 0 Å². The molecule has 0 amide bonds. The third kappa shape index (κ3) is 6.67. The van der Waals surface area contributed by atoms with Crippen molar-refractivity contribution < 1.29 is 0 Å². The number of hydrogen-bond acceptors (Lipinski definition) is 1. The van der Waals surface area contributed by atoms with Crippen LogP contribution in [0.4, 0.5) is 0 Å². The molecule has 0 aliphatic carbocycles. The summed E-state index contributed by atoms with van der Waals surface area (Å²) in [5.74, 6) is 0. The van der Waals surface area contributed by atoms with E-state index in [4.69, 9.17) is 0 Å². The molecule has 10 heavy (non-hydrogen) atoms. The molecule has 1 unspecified atom stereocenters. The Morgan fingerprint density at radius 1 is 1.40 bits per heavy atom. The van der Waals surface area contributed by atoms with Crippen LogP contribution < -0.4 is 5.32 Å². The molecule has 0 aliphatic rings. The zero-order valence-corrected chi connectivity index (χ0v) is 7.61. The molecule has 0 aromatic carbocycles. The molecule has 0 heterocycles. The number of hydrogen-bond donors (Lipinski definition) is 1. The first kappa shape index (κ1) is 10.6. The summed E-state index contributed by atoms with van der Waals surface area (Å²) in [6.45, 7) is 5.66. The van der Waals surface area contributed by atoms with Crippen molar-refractivity contribution in [2.75, 3.05) is 6.54 Å². The summed E-state index contributed by atoms with van der Waals surface area (Å²) in [4.78, 5) is 0. The van der Waals surface area contributed by atoms with Gasteiger partial charge in [0.05, 0.1) is 0 Å². The van der Waals surface area contributed by atoms with Crippen LogP contribution in [0.1, 0.15) is 33.1 Å². The fourth-order valence-corrected chi connectivity index (χ4v) is 0.868. The van der Waals surface area contributed by atoms with Gasteiger partial charge in [-0.05, 0) is 0 Å². The van der Waals surface area contributed by atoms with Crippen molar-refractivity contribution in [2.24, 2.45) is 0 Å². The summed E-state index contributed by atoms with van der Waals surface area (Å²) in [6, 6.07) is 0.705. The van der Waals surface area contributed by atoms with Gasteiger partial charge in [0, 0.05) is 0 Å². The van der Waals surface area contributed by atoms with Crippen molar-refractivity contribution in [1.29, 1.82) is 0 Å². The van der Waals surface area contributed by atoms with Crippen LogP contribution in [-0.4, -0.2) is 30.3 Å². The average molecular weight is 135 g/mol. The number of nitrogens with one attached hydrogen (secondary N) is 1. The second-order valence-electron chi connectivity index (χ2n) is 2.97. The SMILES string of the molecule is [Li][CH2]CCCNC(C)CC. The first-order chi connectivity index (χ1) is 4.81. The first-order valence-corrected chi connectivity index (χ1v) is 4.54. The van der Waals surface area contributed by atoms with Gasteiger partial charge in [0.15, 0.2) is 0 Å². The van der Waals surface area contributed by atoms with Crippen LogP contribution in [0.2, 0.25) is 5.09 Å². The molecule has 0 bridgehead atoms. The third-order valence-electron chi connectivity index (χ3n) is 1.89. The van der Waals surface area contributed by atoms with E-state index in [0.717, 1.165) is 0 Å². The molecular formula is C8H18LiN. The maximum absolute atomic E-state index is 3.47. The quantitative estimate of drug-likeness (QED) is 0.432. The van der Waals surface area contributed by atoms with E-state index in [1.807, 2.05) is 0 Å². The predicted octanol–water partition coefficient (Wildman–Crippen LogP) is 1.74. The van der Waals surface area contributed by atoms with Gasteiger partial charge in [-0.2, -0.15) is 0 Å². The van der Waals surface area contributed by atoms with Gasteiger partial charge in [-0.15, -0.1) is 0 Å². The van der Waals surface area contributed by atoms with Crippen molar-refractivity contribution in [2.45, 2.75) is 44.2 Å². The summed E-state index contributed by atoms with van der Waals surface area (Å²) in [7, 11) is 0. The van der Waals surface area contributed by atoms with Crippen LogP contribution in [0.15, 0.2) is 0 Å². The molecule has 0 spiro atoms. The van der Waals surface area contributed by atoms with Crippen LogP contribution in [0.5, 0.6) is 0 Å². The van der Waals surface area contributed by atoms with Crippen molar-refractivity contribution >= 4 is 17.7 Å². The molecule has 0 fully saturated rings. The van der Waals surface area contributed by atoms with Gasteiger partial charge >= 0.3 is 73.8 Å². The molecule has 1 N–H and O–H groups in total. The fraction of sp³-hybridized carbons (Fsp3) is 1.00. The van der Waals surface area contributed by atoms with Gasteiger partial charge in [-0.25, -0.2) is 0 Å². The molecule has 0 aliphatic heterocycles. The zero-order chi connectivity index (χ0) is 7.82. The Kier molecular flexibility index (Phi) is 8.09. The Hall–Kier alpha value is 0.557. The molecule has 1 atom stereocenters. The standard InChI is InChI=1S/C8H18N.Li/c1-4-6-7-9-8(3)5-2;/h8-9H,1,4-7H2,2-3H3;.